The van der Waals surface area contributed by atoms with Gasteiger partial charge in [0.1, 0.15) is 6.61 Å². The summed E-state index contributed by atoms with van der Waals surface area (Å²) in [6.45, 7) is 6.74. The Morgan fingerprint density at radius 3 is 2.36 bits per heavy atom. The molecule has 1 aliphatic rings. The lowest BCUT2D eigenvalue weighted by Crippen LogP contribution is -2.39. The lowest BCUT2D eigenvalue weighted by molar-refractivity contribution is -0.144. The van der Waals surface area contributed by atoms with Gasteiger partial charge in [-0.25, -0.2) is 0 Å². The molecule has 1 aliphatic carbocycles. The fraction of sp³-hybridized carbons (Fsp3) is 0.500. The molecule has 1 aromatic rings. The Kier molecular flexibility index (Phi) is 7.14. The zero-order valence-electron chi connectivity index (χ0n) is 15.4. The van der Waals surface area contributed by atoms with Gasteiger partial charge >= 0.3 is 5.97 Å². The van der Waals surface area contributed by atoms with Crippen LogP contribution in [-0.2, 0) is 25.4 Å². The molecule has 0 unspecified atom stereocenters. The molecule has 0 N–H and O–H groups in total. The number of esters is 1. The highest BCUT2D eigenvalue weighted by atomic mass is 28.4. The predicted molar refractivity (Wildman–Crippen MR) is 101 cm³/mol. The van der Waals surface area contributed by atoms with E-state index < -0.39 is 8.32 Å². The first-order valence-corrected chi connectivity index (χ1v) is 11.7. The molecule has 0 spiro atoms. The number of ether oxygens (including phenoxy) is 1. The molecule has 0 heterocycles. The third-order valence-electron chi connectivity index (χ3n) is 5.04. The first kappa shape index (κ1) is 19.6. The summed E-state index contributed by atoms with van der Waals surface area (Å²) in [6, 6.07) is 12.7. The number of benzene rings is 1. The summed E-state index contributed by atoms with van der Waals surface area (Å²) in [7, 11) is -1.75. The van der Waals surface area contributed by atoms with E-state index >= 15 is 0 Å². The van der Waals surface area contributed by atoms with Crippen LogP contribution in [0.5, 0.6) is 0 Å². The molecule has 136 valence electrons. The summed E-state index contributed by atoms with van der Waals surface area (Å²) in [5.74, 6) is -0.359. The van der Waals surface area contributed by atoms with Crippen molar-refractivity contribution in [3.63, 3.8) is 0 Å². The van der Waals surface area contributed by atoms with Gasteiger partial charge < -0.3 is 9.16 Å². The van der Waals surface area contributed by atoms with Crippen molar-refractivity contribution in [2.75, 3.05) is 0 Å². The van der Waals surface area contributed by atoms with Gasteiger partial charge in [0.2, 0.25) is 0 Å². The van der Waals surface area contributed by atoms with Gasteiger partial charge in [-0.1, -0.05) is 51.1 Å². The Labute approximate surface area is 151 Å². The molecular formula is C20H28O4Si. The number of ketones is 1. The van der Waals surface area contributed by atoms with Crippen molar-refractivity contribution in [3.8, 4) is 0 Å². The maximum Gasteiger partial charge on any atom is 0.310 e. The third kappa shape index (κ3) is 5.38. The number of carbonyl (C=O) groups excluding carboxylic acids is 2. The Hall–Kier alpha value is -1.72. The van der Waals surface area contributed by atoms with Crippen LogP contribution < -0.4 is 0 Å². The lowest BCUT2D eigenvalue weighted by Gasteiger charge is -2.30. The summed E-state index contributed by atoms with van der Waals surface area (Å²) in [6.07, 6.45) is 2.06. The number of hydrogen-bond donors (Lipinski definition) is 0. The van der Waals surface area contributed by atoms with Gasteiger partial charge in [0.05, 0.1) is 12.5 Å². The van der Waals surface area contributed by atoms with E-state index in [1.807, 2.05) is 36.4 Å². The number of Topliss-reactive ketones (excluding diaryl/α,β-unsaturated/α-hetero) is 1. The van der Waals surface area contributed by atoms with E-state index in [1.54, 1.807) is 0 Å². The van der Waals surface area contributed by atoms with E-state index in [0.29, 0.717) is 12.0 Å². The van der Waals surface area contributed by atoms with Gasteiger partial charge in [0.15, 0.2) is 14.1 Å². The summed E-state index contributed by atoms with van der Waals surface area (Å²) < 4.78 is 11.6. The van der Waals surface area contributed by atoms with E-state index in [9.17, 15) is 9.59 Å². The largest absolute Gasteiger partial charge is 0.461 e. The molecule has 0 amide bonds. The topological polar surface area (TPSA) is 52.6 Å². The highest BCUT2D eigenvalue weighted by Crippen LogP contribution is 2.29. The Morgan fingerprint density at radius 1 is 1.12 bits per heavy atom. The molecule has 0 saturated heterocycles. The Morgan fingerprint density at radius 2 is 1.76 bits per heavy atom. The van der Waals surface area contributed by atoms with Gasteiger partial charge in [-0.2, -0.15) is 0 Å². The molecule has 1 aromatic carbocycles. The summed E-state index contributed by atoms with van der Waals surface area (Å²) in [4.78, 5) is 24.2. The summed E-state index contributed by atoms with van der Waals surface area (Å²) in [5, 5.41) is 0. The van der Waals surface area contributed by atoms with Crippen molar-refractivity contribution < 1.29 is 18.8 Å². The van der Waals surface area contributed by atoms with Crippen LogP contribution >= 0.6 is 0 Å². The molecule has 0 radical (unpaired) electrons. The number of hydrogen-bond acceptors (Lipinski definition) is 4. The first-order valence-electron chi connectivity index (χ1n) is 9.13. The van der Waals surface area contributed by atoms with Crippen LogP contribution in [0, 0.1) is 0 Å². The van der Waals surface area contributed by atoms with Crippen LogP contribution in [0.15, 0.2) is 42.0 Å². The monoisotopic (exact) mass is 360 g/mol. The van der Waals surface area contributed by atoms with Crippen molar-refractivity contribution in [2.45, 2.75) is 64.5 Å². The van der Waals surface area contributed by atoms with Crippen molar-refractivity contribution in [1.82, 2.24) is 0 Å². The van der Waals surface area contributed by atoms with Gasteiger partial charge in [-0.3, -0.25) is 9.59 Å². The van der Waals surface area contributed by atoms with Crippen LogP contribution in [-0.4, -0.2) is 26.2 Å². The second kappa shape index (κ2) is 9.11. The van der Waals surface area contributed by atoms with E-state index in [1.165, 1.54) is 0 Å². The van der Waals surface area contributed by atoms with E-state index in [2.05, 4.69) is 20.8 Å². The first-order chi connectivity index (χ1) is 12.0. The van der Waals surface area contributed by atoms with E-state index in [4.69, 9.17) is 9.16 Å². The van der Waals surface area contributed by atoms with Crippen molar-refractivity contribution in [3.05, 3.63) is 47.5 Å². The standard InChI is InChI=1S/C20H28O4Si/c1-4-25(5-2,6-3)24-18-12-17(19(21)14-18)13-20(22)23-15-16-10-8-7-9-11-16/h7-12,18H,4-6,13-15H2,1-3H3/t18-/m0/s1. The smallest absolute Gasteiger partial charge is 0.310 e. The molecule has 0 bridgehead atoms. The highest BCUT2D eigenvalue weighted by Gasteiger charge is 2.35. The normalized spacial score (nSPS) is 17.5. The molecule has 5 heteroatoms. The van der Waals surface area contributed by atoms with Crippen LogP contribution in [0.4, 0.5) is 0 Å². The van der Waals surface area contributed by atoms with Gasteiger partial charge in [-0.15, -0.1) is 0 Å². The Bertz CT molecular complexity index is 612. The molecule has 25 heavy (non-hydrogen) atoms. The summed E-state index contributed by atoms with van der Waals surface area (Å²) >= 11 is 0. The molecule has 0 fully saturated rings. The minimum absolute atomic E-state index is 0.00729. The predicted octanol–water partition coefficient (Wildman–Crippen LogP) is 4.41. The van der Waals surface area contributed by atoms with Crippen LogP contribution in [0.1, 0.15) is 39.2 Å². The van der Waals surface area contributed by atoms with Crippen molar-refractivity contribution in [2.24, 2.45) is 0 Å². The zero-order valence-corrected chi connectivity index (χ0v) is 16.4. The zero-order chi connectivity index (χ0) is 18.3. The van der Waals surface area contributed by atoms with Crippen LogP contribution in [0.25, 0.3) is 0 Å². The minimum atomic E-state index is -1.75. The quantitative estimate of drug-likeness (QED) is 0.483. The maximum absolute atomic E-state index is 12.2. The maximum atomic E-state index is 12.2. The Balaban J connectivity index is 1.90. The molecule has 0 aliphatic heterocycles. The average molecular weight is 361 g/mol. The highest BCUT2D eigenvalue weighted by molar-refractivity contribution is 6.73. The molecule has 1 atom stereocenters. The lowest BCUT2D eigenvalue weighted by atomic mass is 10.1. The van der Waals surface area contributed by atoms with E-state index in [-0.39, 0.29) is 30.9 Å². The second-order valence-corrected chi connectivity index (χ2v) is 11.3. The van der Waals surface area contributed by atoms with Crippen molar-refractivity contribution >= 4 is 20.1 Å². The molecule has 2 rings (SSSR count). The fourth-order valence-corrected chi connectivity index (χ4v) is 5.98. The summed E-state index contributed by atoms with van der Waals surface area (Å²) in [5.41, 5.74) is 1.47. The van der Waals surface area contributed by atoms with Crippen molar-refractivity contribution in [1.29, 1.82) is 0 Å². The third-order valence-corrected chi connectivity index (χ3v) is 9.71. The molecule has 4 nitrogen and oxygen atoms in total. The van der Waals surface area contributed by atoms with Crippen LogP contribution in [0.2, 0.25) is 18.1 Å². The van der Waals surface area contributed by atoms with Gasteiger partial charge in [0.25, 0.3) is 0 Å². The number of rotatable bonds is 9. The fourth-order valence-electron chi connectivity index (χ4n) is 3.19. The van der Waals surface area contributed by atoms with Crippen LogP contribution in [0.3, 0.4) is 0 Å². The SMILES string of the molecule is CC[Si](CC)(CC)O[C@H]1C=C(CC(=O)OCc2ccccc2)C(=O)C1. The van der Waals surface area contributed by atoms with Gasteiger partial charge in [-0.05, 0) is 29.8 Å². The minimum Gasteiger partial charge on any atom is -0.461 e. The average Bonchev–Trinajstić information content (AvgIpc) is 2.98. The molecular weight excluding hydrogens is 332 g/mol. The van der Waals surface area contributed by atoms with Gasteiger partial charge in [0, 0.05) is 12.0 Å². The molecule has 0 saturated carbocycles. The van der Waals surface area contributed by atoms with E-state index in [0.717, 1.165) is 23.7 Å². The molecule has 0 aromatic heterocycles. The second-order valence-electron chi connectivity index (χ2n) is 6.54. The number of carbonyl (C=O) groups is 2.